The van der Waals surface area contributed by atoms with Crippen LogP contribution in [-0.4, -0.2) is 11.1 Å². The van der Waals surface area contributed by atoms with Crippen molar-refractivity contribution in [3.05, 3.63) is 23.4 Å². The van der Waals surface area contributed by atoms with E-state index < -0.39 is 0 Å². The Morgan fingerprint density at radius 3 is 2.75 bits per heavy atom. The Morgan fingerprint density at radius 1 is 1.35 bits per heavy atom. The van der Waals surface area contributed by atoms with Crippen molar-refractivity contribution in [2.45, 2.75) is 53.1 Å². The lowest BCUT2D eigenvalue weighted by molar-refractivity contribution is 0.0423. The van der Waals surface area contributed by atoms with Crippen LogP contribution in [0.4, 0.5) is 0 Å². The number of nitriles is 1. The molecule has 1 aliphatic carbocycles. The van der Waals surface area contributed by atoms with Crippen LogP contribution in [0.3, 0.4) is 0 Å². The largest absolute Gasteiger partial charge is 0.473 e. The monoisotopic (exact) mass is 272 g/mol. The summed E-state index contributed by atoms with van der Waals surface area (Å²) in [5, 5.41) is 9.20. The molecule has 20 heavy (non-hydrogen) atoms. The van der Waals surface area contributed by atoms with Crippen molar-refractivity contribution < 1.29 is 4.74 Å². The molecule has 0 saturated heterocycles. The van der Waals surface area contributed by atoms with Gasteiger partial charge in [0.2, 0.25) is 5.88 Å². The maximum absolute atomic E-state index is 9.20. The highest BCUT2D eigenvalue weighted by atomic mass is 16.5. The second-order valence-corrected chi connectivity index (χ2v) is 6.40. The van der Waals surface area contributed by atoms with Crippen LogP contribution in [0.5, 0.6) is 5.88 Å². The third-order valence-corrected chi connectivity index (χ3v) is 4.34. The molecule has 0 bridgehead atoms. The number of aromatic nitrogens is 1. The number of rotatable bonds is 3. The fourth-order valence-corrected chi connectivity index (χ4v) is 3.10. The van der Waals surface area contributed by atoms with Gasteiger partial charge in [0.1, 0.15) is 17.7 Å². The van der Waals surface area contributed by atoms with E-state index in [1.54, 1.807) is 6.07 Å². The highest BCUT2D eigenvalue weighted by Gasteiger charge is 2.33. The SMILES string of the molecule is Cc1ccc(C#N)c(OC2CC(C)CCC2C(C)C)n1. The zero-order chi connectivity index (χ0) is 14.7. The first kappa shape index (κ1) is 14.8. The lowest BCUT2D eigenvalue weighted by Crippen LogP contribution is -2.36. The summed E-state index contributed by atoms with van der Waals surface area (Å²) in [4.78, 5) is 4.41. The molecule has 0 spiro atoms. The maximum atomic E-state index is 9.20. The molecule has 0 aromatic carbocycles. The zero-order valence-corrected chi connectivity index (χ0v) is 12.9. The summed E-state index contributed by atoms with van der Waals surface area (Å²) < 4.78 is 6.17. The molecule has 3 atom stereocenters. The van der Waals surface area contributed by atoms with Gasteiger partial charge in [0.05, 0.1) is 0 Å². The number of pyridine rings is 1. The molecule has 3 unspecified atom stereocenters. The van der Waals surface area contributed by atoms with E-state index in [4.69, 9.17) is 4.74 Å². The van der Waals surface area contributed by atoms with Gasteiger partial charge in [0.25, 0.3) is 0 Å². The number of hydrogen-bond acceptors (Lipinski definition) is 3. The first-order valence-corrected chi connectivity index (χ1v) is 7.55. The molecular weight excluding hydrogens is 248 g/mol. The molecule has 1 fully saturated rings. The molecule has 1 aromatic heterocycles. The molecule has 2 rings (SSSR count). The van der Waals surface area contributed by atoms with Crippen molar-refractivity contribution in [3.63, 3.8) is 0 Å². The summed E-state index contributed by atoms with van der Waals surface area (Å²) in [7, 11) is 0. The Bertz CT molecular complexity index is 504. The second-order valence-electron chi connectivity index (χ2n) is 6.40. The summed E-state index contributed by atoms with van der Waals surface area (Å²) >= 11 is 0. The minimum atomic E-state index is 0.181. The van der Waals surface area contributed by atoms with E-state index in [-0.39, 0.29) is 6.10 Å². The zero-order valence-electron chi connectivity index (χ0n) is 12.9. The van der Waals surface area contributed by atoms with E-state index in [2.05, 4.69) is 31.8 Å². The second kappa shape index (κ2) is 6.26. The van der Waals surface area contributed by atoms with Crippen LogP contribution in [-0.2, 0) is 0 Å². The van der Waals surface area contributed by atoms with Gasteiger partial charge in [-0.2, -0.15) is 5.26 Å². The lowest BCUT2D eigenvalue weighted by atomic mass is 9.75. The number of aryl methyl sites for hydroxylation is 1. The Balaban J connectivity index is 2.22. The van der Waals surface area contributed by atoms with E-state index in [0.29, 0.717) is 29.2 Å². The van der Waals surface area contributed by atoms with Gasteiger partial charge >= 0.3 is 0 Å². The maximum Gasteiger partial charge on any atom is 0.232 e. The van der Waals surface area contributed by atoms with Crippen LogP contribution in [0.1, 0.15) is 51.3 Å². The van der Waals surface area contributed by atoms with Gasteiger partial charge < -0.3 is 4.74 Å². The van der Waals surface area contributed by atoms with Crippen LogP contribution >= 0.6 is 0 Å². The van der Waals surface area contributed by atoms with Gasteiger partial charge in [0, 0.05) is 5.69 Å². The molecule has 0 aliphatic heterocycles. The van der Waals surface area contributed by atoms with Gasteiger partial charge in [-0.1, -0.05) is 27.2 Å². The smallest absolute Gasteiger partial charge is 0.232 e. The van der Waals surface area contributed by atoms with Crippen LogP contribution in [0.2, 0.25) is 0 Å². The molecule has 3 heteroatoms. The normalized spacial score (nSPS) is 26.3. The molecular formula is C17H24N2O. The summed E-state index contributed by atoms with van der Waals surface area (Å²) in [6.07, 6.45) is 3.72. The minimum absolute atomic E-state index is 0.181. The van der Waals surface area contributed by atoms with Gasteiger partial charge in [-0.3, -0.25) is 0 Å². The van der Waals surface area contributed by atoms with E-state index in [1.807, 2.05) is 13.0 Å². The van der Waals surface area contributed by atoms with E-state index in [1.165, 1.54) is 12.8 Å². The van der Waals surface area contributed by atoms with Gasteiger partial charge in [-0.25, -0.2) is 4.98 Å². The van der Waals surface area contributed by atoms with Crippen LogP contribution in [0.15, 0.2) is 12.1 Å². The fourth-order valence-electron chi connectivity index (χ4n) is 3.10. The topological polar surface area (TPSA) is 45.9 Å². The summed E-state index contributed by atoms with van der Waals surface area (Å²) in [6, 6.07) is 5.84. The Kier molecular flexibility index (Phi) is 4.65. The van der Waals surface area contributed by atoms with Crippen LogP contribution in [0, 0.1) is 36.0 Å². The number of nitrogens with zero attached hydrogens (tertiary/aromatic N) is 2. The van der Waals surface area contributed by atoms with Crippen molar-refractivity contribution in [1.82, 2.24) is 4.98 Å². The summed E-state index contributed by atoms with van der Waals surface area (Å²) in [6.45, 7) is 8.72. The third-order valence-electron chi connectivity index (χ3n) is 4.34. The summed E-state index contributed by atoms with van der Waals surface area (Å²) in [5.74, 6) is 2.35. The van der Waals surface area contributed by atoms with Crippen molar-refractivity contribution in [3.8, 4) is 11.9 Å². The Labute approximate surface area is 122 Å². The van der Waals surface area contributed by atoms with Crippen molar-refractivity contribution in [1.29, 1.82) is 5.26 Å². The molecule has 1 saturated carbocycles. The third kappa shape index (κ3) is 3.30. The van der Waals surface area contributed by atoms with Crippen LogP contribution in [0.25, 0.3) is 0 Å². The summed E-state index contributed by atoms with van der Waals surface area (Å²) in [5.41, 5.74) is 1.43. The molecule has 1 heterocycles. The van der Waals surface area contributed by atoms with E-state index in [9.17, 15) is 5.26 Å². The molecule has 1 aliphatic rings. The number of ether oxygens (including phenoxy) is 1. The molecule has 3 nitrogen and oxygen atoms in total. The van der Waals surface area contributed by atoms with Gasteiger partial charge in [0.15, 0.2) is 0 Å². The quantitative estimate of drug-likeness (QED) is 0.832. The van der Waals surface area contributed by atoms with Gasteiger partial charge in [-0.15, -0.1) is 0 Å². The average Bonchev–Trinajstić information content (AvgIpc) is 2.38. The minimum Gasteiger partial charge on any atom is -0.473 e. The van der Waals surface area contributed by atoms with E-state index >= 15 is 0 Å². The van der Waals surface area contributed by atoms with Crippen molar-refractivity contribution in [2.75, 3.05) is 0 Å². The van der Waals surface area contributed by atoms with Crippen molar-refractivity contribution in [2.24, 2.45) is 17.8 Å². The molecule has 108 valence electrons. The molecule has 1 aromatic rings. The first-order chi connectivity index (χ1) is 9.51. The Morgan fingerprint density at radius 2 is 2.10 bits per heavy atom. The first-order valence-electron chi connectivity index (χ1n) is 7.55. The standard InChI is InChI=1S/C17H24N2O/c1-11(2)15-8-5-12(3)9-16(15)20-17-14(10-18)7-6-13(4)19-17/h6-7,11-12,15-16H,5,8-9H2,1-4H3. The molecule has 0 amide bonds. The molecule has 0 radical (unpaired) electrons. The van der Waals surface area contributed by atoms with E-state index in [0.717, 1.165) is 12.1 Å². The van der Waals surface area contributed by atoms with Crippen LogP contribution < -0.4 is 4.74 Å². The predicted molar refractivity (Wildman–Crippen MR) is 79.4 cm³/mol. The Hall–Kier alpha value is -1.56. The highest BCUT2D eigenvalue weighted by Crippen LogP contribution is 2.36. The lowest BCUT2D eigenvalue weighted by Gasteiger charge is -2.37. The predicted octanol–water partition coefficient (Wildman–Crippen LogP) is 4.10. The highest BCUT2D eigenvalue weighted by molar-refractivity contribution is 5.38. The average molecular weight is 272 g/mol. The molecule has 0 N–H and O–H groups in total. The fraction of sp³-hybridized carbons (Fsp3) is 0.647. The van der Waals surface area contributed by atoms with Gasteiger partial charge in [-0.05, 0) is 49.7 Å². The van der Waals surface area contributed by atoms with Crippen molar-refractivity contribution >= 4 is 0 Å². The number of hydrogen-bond donors (Lipinski definition) is 0.